The number of anilines is 2. The number of hydrogen-bond donors (Lipinski definition) is 2. The highest BCUT2D eigenvalue weighted by Crippen LogP contribution is 2.22. The highest BCUT2D eigenvalue weighted by Gasteiger charge is 2.17. The molecule has 0 fully saturated rings. The molecule has 0 radical (unpaired) electrons. The number of aryl methyl sites for hydroxylation is 2. The fourth-order valence-corrected chi connectivity index (χ4v) is 3.45. The van der Waals surface area contributed by atoms with Crippen molar-refractivity contribution in [1.29, 1.82) is 0 Å². The summed E-state index contributed by atoms with van der Waals surface area (Å²) in [4.78, 5) is 26.7. The van der Waals surface area contributed by atoms with E-state index in [0.717, 1.165) is 33.9 Å². The second-order valence-corrected chi connectivity index (χ2v) is 7.81. The molecule has 7 heteroatoms. The van der Waals surface area contributed by atoms with Crippen LogP contribution in [-0.4, -0.2) is 46.6 Å². The quantitative estimate of drug-likeness (QED) is 0.613. The normalized spacial score (nSPS) is 10.9. The number of amides is 2. The first-order valence-corrected chi connectivity index (χ1v) is 10.2. The lowest BCUT2D eigenvalue weighted by Gasteiger charge is -2.17. The van der Waals surface area contributed by atoms with Crippen LogP contribution in [0.5, 0.6) is 0 Å². The van der Waals surface area contributed by atoms with Crippen molar-refractivity contribution in [3.63, 3.8) is 0 Å². The van der Waals surface area contributed by atoms with E-state index in [0.29, 0.717) is 5.69 Å². The fourth-order valence-electron chi connectivity index (χ4n) is 3.45. The molecule has 2 aromatic carbocycles. The van der Waals surface area contributed by atoms with Gasteiger partial charge in [0.25, 0.3) is 0 Å². The van der Waals surface area contributed by atoms with Gasteiger partial charge in [0.1, 0.15) is 0 Å². The summed E-state index contributed by atoms with van der Waals surface area (Å²) in [5, 5.41) is 10.4. The molecule has 0 saturated carbocycles. The minimum Gasteiger partial charge on any atom is -0.325 e. The van der Waals surface area contributed by atoms with Gasteiger partial charge in [0.05, 0.1) is 35.9 Å². The van der Waals surface area contributed by atoms with Crippen LogP contribution in [0.2, 0.25) is 0 Å². The van der Waals surface area contributed by atoms with Crippen LogP contribution in [0.4, 0.5) is 11.4 Å². The van der Waals surface area contributed by atoms with Crippen molar-refractivity contribution < 1.29 is 9.59 Å². The molecule has 2 N–H and O–H groups in total. The van der Waals surface area contributed by atoms with Crippen molar-refractivity contribution in [3.8, 4) is 5.69 Å². The Kier molecular flexibility index (Phi) is 6.87. The lowest BCUT2D eigenvalue weighted by Crippen LogP contribution is -2.36. The molecule has 2 amide bonds. The van der Waals surface area contributed by atoms with Crippen molar-refractivity contribution in [2.75, 3.05) is 30.8 Å². The molecule has 3 aromatic rings. The Morgan fingerprint density at radius 3 is 2.23 bits per heavy atom. The molecule has 0 unspecified atom stereocenters. The maximum atomic E-state index is 12.6. The van der Waals surface area contributed by atoms with E-state index < -0.39 is 0 Å². The van der Waals surface area contributed by atoms with E-state index in [2.05, 4.69) is 15.7 Å². The molecular formula is C24H29N5O2. The van der Waals surface area contributed by atoms with Crippen LogP contribution >= 0.6 is 0 Å². The number of carbonyl (C=O) groups is 2. The summed E-state index contributed by atoms with van der Waals surface area (Å²) in [6.45, 7) is 7.97. The maximum Gasteiger partial charge on any atom is 0.238 e. The van der Waals surface area contributed by atoms with Crippen LogP contribution in [0.3, 0.4) is 0 Å². The second-order valence-electron chi connectivity index (χ2n) is 7.81. The zero-order valence-electron chi connectivity index (χ0n) is 18.7. The average molecular weight is 420 g/mol. The summed E-state index contributed by atoms with van der Waals surface area (Å²) in [5.74, 6) is -0.353. The van der Waals surface area contributed by atoms with Crippen LogP contribution < -0.4 is 10.6 Å². The molecule has 7 nitrogen and oxygen atoms in total. The first-order valence-electron chi connectivity index (χ1n) is 10.2. The molecular weight excluding hydrogens is 390 g/mol. The second kappa shape index (κ2) is 9.57. The minimum atomic E-state index is -0.194. The summed E-state index contributed by atoms with van der Waals surface area (Å²) in [7, 11) is 1.75. The van der Waals surface area contributed by atoms with Crippen molar-refractivity contribution in [2.45, 2.75) is 27.7 Å². The Labute approximate surface area is 183 Å². The number of nitrogens with zero attached hydrogens (tertiary/aromatic N) is 3. The standard InChI is InChI=1S/C24H29N5O2/c1-16-10-9-13-21(17(16)2)25-22(30)14-28(5)15-23(31)26-24-18(3)27-29(19(24)4)20-11-7-6-8-12-20/h6-13H,14-15H2,1-5H3,(H,25,30)(H,26,31). The van der Waals surface area contributed by atoms with Gasteiger partial charge in [-0.3, -0.25) is 14.5 Å². The van der Waals surface area contributed by atoms with E-state index in [-0.39, 0.29) is 24.9 Å². The van der Waals surface area contributed by atoms with Gasteiger partial charge >= 0.3 is 0 Å². The lowest BCUT2D eigenvalue weighted by atomic mass is 10.1. The van der Waals surface area contributed by atoms with Crippen molar-refractivity contribution in [3.05, 3.63) is 71.0 Å². The van der Waals surface area contributed by atoms with Crippen LogP contribution in [0, 0.1) is 27.7 Å². The zero-order valence-corrected chi connectivity index (χ0v) is 18.7. The lowest BCUT2D eigenvalue weighted by molar-refractivity contribution is -0.119. The van der Waals surface area contributed by atoms with Crippen LogP contribution in [0.25, 0.3) is 5.69 Å². The Balaban J connectivity index is 1.59. The number of likely N-dealkylation sites (N-methyl/N-ethyl adjacent to an activating group) is 1. The van der Waals surface area contributed by atoms with Gasteiger partial charge < -0.3 is 10.6 Å². The molecule has 0 aliphatic rings. The highest BCUT2D eigenvalue weighted by atomic mass is 16.2. The molecule has 0 saturated heterocycles. The van der Waals surface area contributed by atoms with Gasteiger partial charge in [-0.25, -0.2) is 4.68 Å². The SMILES string of the molecule is Cc1cccc(NC(=O)CN(C)CC(=O)Nc2c(C)nn(-c3ccccc3)c2C)c1C. The van der Waals surface area contributed by atoms with Crippen molar-refractivity contribution in [1.82, 2.24) is 14.7 Å². The maximum absolute atomic E-state index is 12.6. The molecule has 162 valence electrons. The van der Waals surface area contributed by atoms with Crippen LogP contribution in [-0.2, 0) is 9.59 Å². The molecule has 0 bridgehead atoms. The van der Waals surface area contributed by atoms with Crippen molar-refractivity contribution >= 4 is 23.2 Å². The van der Waals surface area contributed by atoms with E-state index in [1.54, 1.807) is 11.9 Å². The number of para-hydroxylation sites is 1. The number of benzene rings is 2. The predicted octanol–water partition coefficient (Wildman–Crippen LogP) is 3.61. The van der Waals surface area contributed by atoms with E-state index >= 15 is 0 Å². The molecule has 1 aromatic heterocycles. The molecule has 0 aliphatic carbocycles. The van der Waals surface area contributed by atoms with Gasteiger partial charge in [0.15, 0.2) is 0 Å². The molecule has 31 heavy (non-hydrogen) atoms. The van der Waals surface area contributed by atoms with Gasteiger partial charge in [-0.15, -0.1) is 0 Å². The minimum absolute atomic E-state index is 0.0929. The van der Waals surface area contributed by atoms with Crippen molar-refractivity contribution in [2.24, 2.45) is 0 Å². The smallest absolute Gasteiger partial charge is 0.238 e. The number of nitrogens with one attached hydrogen (secondary N) is 2. The number of hydrogen-bond acceptors (Lipinski definition) is 4. The molecule has 0 atom stereocenters. The summed E-state index contributed by atoms with van der Waals surface area (Å²) >= 11 is 0. The van der Waals surface area contributed by atoms with Gasteiger partial charge in [-0.05, 0) is 64.1 Å². The Morgan fingerprint density at radius 2 is 1.55 bits per heavy atom. The first-order chi connectivity index (χ1) is 14.8. The molecule has 3 rings (SSSR count). The molecule has 0 aliphatic heterocycles. The monoisotopic (exact) mass is 419 g/mol. The third kappa shape index (κ3) is 5.38. The fraction of sp³-hybridized carbons (Fsp3) is 0.292. The first kappa shape index (κ1) is 22.2. The Morgan fingerprint density at radius 1 is 0.903 bits per heavy atom. The third-order valence-corrected chi connectivity index (χ3v) is 5.26. The summed E-state index contributed by atoms with van der Waals surface area (Å²) in [6.07, 6.45) is 0. The van der Waals surface area contributed by atoms with Gasteiger partial charge in [-0.1, -0.05) is 30.3 Å². The number of rotatable bonds is 7. The summed E-state index contributed by atoms with van der Waals surface area (Å²) < 4.78 is 1.81. The van der Waals surface area contributed by atoms with Gasteiger partial charge in [0, 0.05) is 5.69 Å². The van der Waals surface area contributed by atoms with Gasteiger partial charge in [0.2, 0.25) is 11.8 Å². The zero-order chi connectivity index (χ0) is 22.5. The van der Waals surface area contributed by atoms with Crippen LogP contribution in [0.1, 0.15) is 22.5 Å². The largest absolute Gasteiger partial charge is 0.325 e. The number of carbonyl (C=O) groups excluding carboxylic acids is 2. The van der Waals surface area contributed by atoms with Gasteiger partial charge in [-0.2, -0.15) is 5.10 Å². The van der Waals surface area contributed by atoms with E-state index in [1.165, 1.54) is 0 Å². The summed E-state index contributed by atoms with van der Waals surface area (Å²) in [6, 6.07) is 15.6. The molecule has 0 spiro atoms. The molecule has 1 heterocycles. The topological polar surface area (TPSA) is 79.3 Å². The van der Waals surface area contributed by atoms with E-state index in [9.17, 15) is 9.59 Å². The predicted molar refractivity (Wildman–Crippen MR) is 124 cm³/mol. The Bertz CT molecular complexity index is 1090. The van der Waals surface area contributed by atoms with Crippen LogP contribution in [0.15, 0.2) is 48.5 Å². The Hall–Kier alpha value is -3.45. The van der Waals surface area contributed by atoms with E-state index in [4.69, 9.17) is 0 Å². The third-order valence-electron chi connectivity index (χ3n) is 5.26. The highest BCUT2D eigenvalue weighted by molar-refractivity contribution is 5.95. The average Bonchev–Trinajstić information content (AvgIpc) is 3.00. The number of aromatic nitrogens is 2. The summed E-state index contributed by atoms with van der Waals surface area (Å²) in [5.41, 5.74) is 6.18. The van der Waals surface area contributed by atoms with E-state index in [1.807, 2.05) is 80.9 Å².